The predicted molar refractivity (Wildman–Crippen MR) is 105 cm³/mol. The number of amides is 2. The summed E-state index contributed by atoms with van der Waals surface area (Å²) in [4.78, 5) is 28.9. The molecule has 1 heterocycles. The number of carbonyl (C=O) groups is 2. The molecule has 2 amide bonds. The molecule has 0 unspecified atom stereocenters. The van der Waals surface area contributed by atoms with E-state index in [0.29, 0.717) is 5.69 Å². The maximum absolute atomic E-state index is 12.8. The Morgan fingerprint density at radius 1 is 1.04 bits per heavy atom. The van der Waals surface area contributed by atoms with E-state index in [-0.39, 0.29) is 18.4 Å². The van der Waals surface area contributed by atoms with Gasteiger partial charge in [0, 0.05) is 5.69 Å². The maximum Gasteiger partial charge on any atom is 0.243 e. The van der Waals surface area contributed by atoms with Crippen molar-refractivity contribution in [2.24, 2.45) is 0 Å². The van der Waals surface area contributed by atoms with Crippen molar-refractivity contribution in [2.75, 3.05) is 11.9 Å². The molecule has 1 saturated carbocycles. The normalized spacial score (nSPS) is 14.7. The fraction of sp³-hybridized carbons (Fsp3) is 0.238. The third-order valence-electron chi connectivity index (χ3n) is 5.21. The Balaban J connectivity index is 1.33. The number of anilines is 1. The summed E-state index contributed by atoms with van der Waals surface area (Å²) in [6, 6.07) is 17.0. The van der Waals surface area contributed by atoms with Crippen LogP contribution in [0.4, 0.5) is 5.69 Å². The SMILES string of the molecule is O=C(CNC(=O)C1(c2ccccc2)CCC1)Nc1ccc(-n2cncn2)cc1. The van der Waals surface area contributed by atoms with Crippen molar-refractivity contribution in [1.82, 2.24) is 20.1 Å². The molecule has 0 saturated heterocycles. The number of aromatic nitrogens is 3. The largest absolute Gasteiger partial charge is 0.346 e. The van der Waals surface area contributed by atoms with Crippen LogP contribution in [0.25, 0.3) is 5.69 Å². The molecule has 142 valence electrons. The number of carbonyl (C=O) groups excluding carboxylic acids is 2. The Morgan fingerprint density at radius 3 is 2.39 bits per heavy atom. The van der Waals surface area contributed by atoms with Gasteiger partial charge in [-0.3, -0.25) is 9.59 Å². The van der Waals surface area contributed by atoms with E-state index in [9.17, 15) is 9.59 Å². The van der Waals surface area contributed by atoms with E-state index >= 15 is 0 Å². The third kappa shape index (κ3) is 3.51. The Labute approximate surface area is 162 Å². The van der Waals surface area contributed by atoms with Gasteiger partial charge in [-0.15, -0.1) is 0 Å². The number of hydrogen-bond donors (Lipinski definition) is 2. The molecular weight excluding hydrogens is 354 g/mol. The van der Waals surface area contributed by atoms with Crippen LogP contribution in [0.3, 0.4) is 0 Å². The van der Waals surface area contributed by atoms with Crippen molar-refractivity contribution in [1.29, 1.82) is 0 Å². The molecule has 1 fully saturated rings. The second kappa shape index (κ2) is 7.64. The molecular formula is C21H21N5O2. The van der Waals surface area contributed by atoms with Gasteiger partial charge in [0.05, 0.1) is 17.6 Å². The van der Waals surface area contributed by atoms with E-state index in [0.717, 1.165) is 30.5 Å². The number of benzene rings is 2. The van der Waals surface area contributed by atoms with Gasteiger partial charge in [-0.1, -0.05) is 36.8 Å². The van der Waals surface area contributed by atoms with Crippen LogP contribution in [0.1, 0.15) is 24.8 Å². The van der Waals surface area contributed by atoms with E-state index in [4.69, 9.17) is 0 Å². The first-order valence-corrected chi connectivity index (χ1v) is 9.26. The predicted octanol–water partition coefficient (Wildman–Crippen LogP) is 2.44. The fourth-order valence-electron chi connectivity index (χ4n) is 3.51. The fourth-order valence-corrected chi connectivity index (χ4v) is 3.51. The highest BCUT2D eigenvalue weighted by Gasteiger charge is 2.45. The van der Waals surface area contributed by atoms with Crippen molar-refractivity contribution in [3.63, 3.8) is 0 Å². The van der Waals surface area contributed by atoms with Crippen molar-refractivity contribution in [3.8, 4) is 5.69 Å². The molecule has 2 aromatic carbocycles. The molecule has 0 bridgehead atoms. The zero-order valence-corrected chi connectivity index (χ0v) is 15.3. The molecule has 0 spiro atoms. The number of nitrogens with zero attached hydrogens (tertiary/aromatic N) is 3. The van der Waals surface area contributed by atoms with Gasteiger partial charge < -0.3 is 10.6 Å². The van der Waals surface area contributed by atoms with E-state index in [1.54, 1.807) is 23.1 Å². The molecule has 1 aromatic heterocycles. The summed E-state index contributed by atoms with van der Waals surface area (Å²) in [7, 11) is 0. The minimum absolute atomic E-state index is 0.0573. The first-order chi connectivity index (χ1) is 13.7. The molecule has 7 nitrogen and oxygen atoms in total. The van der Waals surface area contributed by atoms with Crippen LogP contribution in [-0.4, -0.2) is 33.1 Å². The highest BCUT2D eigenvalue weighted by Crippen LogP contribution is 2.43. The highest BCUT2D eigenvalue weighted by molar-refractivity contribution is 5.97. The van der Waals surface area contributed by atoms with Gasteiger partial charge in [0.2, 0.25) is 11.8 Å². The molecule has 2 N–H and O–H groups in total. The van der Waals surface area contributed by atoms with Crippen molar-refractivity contribution >= 4 is 17.5 Å². The van der Waals surface area contributed by atoms with Gasteiger partial charge >= 0.3 is 0 Å². The molecule has 0 aliphatic heterocycles. The van der Waals surface area contributed by atoms with Crippen molar-refractivity contribution in [2.45, 2.75) is 24.7 Å². The van der Waals surface area contributed by atoms with Crippen LogP contribution >= 0.6 is 0 Å². The van der Waals surface area contributed by atoms with Crippen molar-refractivity contribution < 1.29 is 9.59 Å². The Hall–Kier alpha value is -3.48. The smallest absolute Gasteiger partial charge is 0.243 e. The lowest BCUT2D eigenvalue weighted by molar-refractivity contribution is -0.131. The molecule has 4 rings (SSSR count). The molecule has 0 atom stereocenters. The van der Waals surface area contributed by atoms with Crippen LogP contribution in [0.5, 0.6) is 0 Å². The van der Waals surface area contributed by atoms with Gasteiger partial charge in [0.25, 0.3) is 0 Å². The summed E-state index contributed by atoms with van der Waals surface area (Å²) >= 11 is 0. The first-order valence-electron chi connectivity index (χ1n) is 9.26. The topological polar surface area (TPSA) is 88.9 Å². The first kappa shape index (κ1) is 17.9. The lowest BCUT2D eigenvalue weighted by Crippen LogP contribution is -2.50. The van der Waals surface area contributed by atoms with Crippen molar-refractivity contribution in [3.05, 3.63) is 72.8 Å². The summed E-state index contributed by atoms with van der Waals surface area (Å²) in [5.74, 6) is -0.342. The maximum atomic E-state index is 12.8. The lowest BCUT2D eigenvalue weighted by Gasteiger charge is -2.40. The van der Waals surface area contributed by atoms with E-state index in [1.165, 1.54) is 6.33 Å². The zero-order valence-electron chi connectivity index (χ0n) is 15.3. The average Bonchev–Trinajstić information content (AvgIpc) is 3.22. The lowest BCUT2D eigenvalue weighted by atomic mass is 9.64. The van der Waals surface area contributed by atoms with Gasteiger partial charge in [-0.25, -0.2) is 9.67 Å². The number of nitrogens with one attached hydrogen (secondary N) is 2. The van der Waals surface area contributed by atoms with E-state index in [1.807, 2.05) is 42.5 Å². The van der Waals surface area contributed by atoms with Gasteiger partial charge in [-0.05, 0) is 42.7 Å². The monoisotopic (exact) mass is 375 g/mol. The van der Waals surface area contributed by atoms with Gasteiger partial charge in [0.1, 0.15) is 12.7 Å². The highest BCUT2D eigenvalue weighted by atomic mass is 16.2. The molecule has 1 aliphatic rings. The number of hydrogen-bond acceptors (Lipinski definition) is 4. The number of rotatable bonds is 6. The quantitative estimate of drug-likeness (QED) is 0.693. The second-order valence-corrected chi connectivity index (χ2v) is 6.92. The van der Waals surface area contributed by atoms with Crippen LogP contribution in [0.2, 0.25) is 0 Å². The van der Waals surface area contributed by atoms with E-state index < -0.39 is 5.41 Å². The van der Waals surface area contributed by atoms with Crippen LogP contribution in [0.15, 0.2) is 67.3 Å². The summed E-state index contributed by atoms with van der Waals surface area (Å²) in [6.07, 6.45) is 5.71. The third-order valence-corrected chi connectivity index (χ3v) is 5.21. The van der Waals surface area contributed by atoms with Crippen LogP contribution in [0, 0.1) is 0 Å². The summed E-state index contributed by atoms with van der Waals surface area (Å²) in [5, 5.41) is 9.66. The van der Waals surface area contributed by atoms with Crippen LogP contribution in [-0.2, 0) is 15.0 Å². The van der Waals surface area contributed by atoms with Gasteiger partial charge in [0.15, 0.2) is 0 Å². The molecule has 7 heteroatoms. The minimum atomic E-state index is -0.499. The van der Waals surface area contributed by atoms with E-state index in [2.05, 4.69) is 20.7 Å². The summed E-state index contributed by atoms with van der Waals surface area (Å²) in [6.45, 7) is -0.0573. The van der Waals surface area contributed by atoms with Gasteiger partial charge in [-0.2, -0.15) is 5.10 Å². The standard InChI is InChI=1S/C21H21N5O2/c27-19(25-17-7-9-18(10-8-17)26-15-22-14-24-26)13-23-20(28)21(11-4-12-21)16-5-2-1-3-6-16/h1-3,5-10,14-15H,4,11-13H2,(H,23,28)(H,25,27). The molecule has 3 aromatic rings. The Morgan fingerprint density at radius 2 is 1.79 bits per heavy atom. The molecule has 28 heavy (non-hydrogen) atoms. The summed E-state index contributed by atoms with van der Waals surface area (Å²) in [5.41, 5.74) is 2.02. The molecule has 0 radical (unpaired) electrons. The average molecular weight is 375 g/mol. The zero-order chi connectivity index (χ0) is 19.4. The minimum Gasteiger partial charge on any atom is -0.346 e. The Kier molecular flexibility index (Phi) is 4.89. The summed E-state index contributed by atoms with van der Waals surface area (Å²) < 4.78 is 1.63. The van der Waals surface area contributed by atoms with Crippen LogP contribution < -0.4 is 10.6 Å². The molecule has 1 aliphatic carbocycles. The Bertz CT molecular complexity index is 948. The second-order valence-electron chi connectivity index (χ2n) is 6.92.